The van der Waals surface area contributed by atoms with Gasteiger partial charge in [-0.2, -0.15) is 0 Å². The van der Waals surface area contributed by atoms with Crippen LogP contribution in [0.1, 0.15) is 24.1 Å². The number of amides is 1. The van der Waals surface area contributed by atoms with Crippen LogP contribution in [0, 0.1) is 0 Å². The van der Waals surface area contributed by atoms with Gasteiger partial charge in [-0.15, -0.1) is 0 Å². The van der Waals surface area contributed by atoms with Gasteiger partial charge in [0.1, 0.15) is 5.82 Å². The first kappa shape index (κ1) is 17.9. The fraction of sp³-hybridized carbons (Fsp3) is 0.500. The largest absolute Gasteiger partial charge is 0.362 e. The molecule has 142 valence electrons. The van der Waals surface area contributed by atoms with Crippen LogP contribution in [0.15, 0.2) is 24.5 Å². The molecule has 2 aromatic heterocycles. The molecule has 1 saturated heterocycles. The normalized spacial score (nSPS) is 17.0. The van der Waals surface area contributed by atoms with Crippen molar-refractivity contribution in [2.45, 2.75) is 25.8 Å². The minimum atomic E-state index is 0.204. The number of likely N-dealkylation sites (tertiary alicyclic amines) is 1. The lowest BCUT2D eigenvalue weighted by atomic mass is 10.0. The molecule has 0 N–H and O–H groups in total. The van der Waals surface area contributed by atoms with Crippen molar-refractivity contribution in [3.8, 4) is 11.4 Å². The van der Waals surface area contributed by atoms with Crippen molar-refractivity contribution in [2.24, 2.45) is 0 Å². The van der Waals surface area contributed by atoms with Crippen molar-refractivity contribution < 1.29 is 4.79 Å². The smallest absolute Gasteiger partial charge is 0.237 e. The highest BCUT2D eigenvalue weighted by Gasteiger charge is 2.27. The van der Waals surface area contributed by atoms with E-state index in [2.05, 4.69) is 9.88 Å². The average Bonchev–Trinajstić information content (AvgIpc) is 3.20. The number of anilines is 1. The lowest BCUT2D eigenvalue weighted by Gasteiger charge is -2.31. The van der Waals surface area contributed by atoms with Gasteiger partial charge in [-0.05, 0) is 44.5 Å². The van der Waals surface area contributed by atoms with Crippen molar-refractivity contribution in [3.05, 3.63) is 35.8 Å². The molecule has 0 saturated carbocycles. The maximum Gasteiger partial charge on any atom is 0.237 e. The van der Waals surface area contributed by atoms with Crippen LogP contribution in [0.5, 0.6) is 0 Å². The highest BCUT2D eigenvalue weighted by atomic mass is 16.2. The molecule has 0 spiro atoms. The molecule has 0 aliphatic carbocycles. The third kappa shape index (κ3) is 3.78. The van der Waals surface area contributed by atoms with Crippen molar-refractivity contribution >= 4 is 11.7 Å². The van der Waals surface area contributed by atoms with Crippen LogP contribution in [0.3, 0.4) is 0 Å². The SMILES string of the molecule is CN(C)c1nc(-c2cccnc2)nc2c1CCN(C(=O)CN1CCCC1)C2. The zero-order valence-electron chi connectivity index (χ0n) is 16.1. The summed E-state index contributed by atoms with van der Waals surface area (Å²) in [6.07, 6.45) is 6.71. The first-order chi connectivity index (χ1) is 13.1. The molecule has 2 aliphatic heterocycles. The molecular weight excluding hydrogens is 340 g/mol. The second kappa shape index (κ2) is 7.60. The number of hydrogen-bond donors (Lipinski definition) is 0. The number of fused-ring (bicyclic) bond motifs is 1. The van der Waals surface area contributed by atoms with Crippen LogP contribution in [0.2, 0.25) is 0 Å². The lowest BCUT2D eigenvalue weighted by molar-refractivity contribution is -0.133. The highest BCUT2D eigenvalue weighted by Crippen LogP contribution is 2.28. The molecule has 1 fully saturated rings. The van der Waals surface area contributed by atoms with E-state index in [1.165, 1.54) is 12.8 Å². The summed E-state index contributed by atoms with van der Waals surface area (Å²) in [7, 11) is 4.00. The van der Waals surface area contributed by atoms with Crippen LogP contribution in [-0.4, -0.2) is 70.9 Å². The Kier molecular flexibility index (Phi) is 5.03. The Morgan fingerprint density at radius 2 is 2.00 bits per heavy atom. The number of hydrogen-bond acceptors (Lipinski definition) is 6. The van der Waals surface area contributed by atoms with Gasteiger partial charge in [-0.3, -0.25) is 14.7 Å². The Morgan fingerprint density at radius 3 is 2.70 bits per heavy atom. The summed E-state index contributed by atoms with van der Waals surface area (Å²) >= 11 is 0. The van der Waals surface area contributed by atoms with Crippen molar-refractivity contribution in [1.29, 1.82) is 0 Å². The summed E-state index contributed by atoms with van der Waals surface area (Å²) in [4.78, 5) is 32.7. The monoisotopic (exact) mass is 366 g/mol. The third-order valence-electron chi connectivity index (χ3n) is 5.30. The molecule has 2 aromatic rings. The predicted octanol–water partition coefficient (Wildman–Crippen LogP) is 1.59. The summed E-state index contributed by atoms with van der Waals surface area (Å²) in [5.74, 6) is 1.81. The van der Waals surface area contributed by atoms with E-state index in [-0.39, 0.29) is 5.91 Å². The molecule has 1 amide bonds. The summed E-state index contributed by atoms with van der Waals surface area (Å²) in [6, 6.07) is 3.85. The van der Waals surface area contributed by atoms with Crippen LogP contribution < -0.4 is 4.90 Å². The quantitative estimate of drug-likeness (QED) is 0.819. The number of aromatic nitrogens is 3. The molecule has 2 aliphatic rings. The van der Waals surface area contributed by atoms with Gasteiger partial charge >= 0.3 is 0 Å². The summed E-state index contributed by atoms with van der Waals surface area (Å²) in [5, 5.41) is 0. The zero-order chi connectivity index (χ0) is 18.8. The van der Waals surface area contributed by atoms with E-state index >= 15 is 0 Å². The second-order valence-electron chi connectivity index (χ2n) is 7.48. The molecule has 0 aromatic carbocycles. The number of carbonyl (C=O) groups is 1. The minimum Gasteiger partial charge on any atom is -0.362 e. The summed E-state index contributed by atoms with van der Waals surface area (Å²) in [5.41, 5.74) is 3.00. The van der Waals surface area contributed by atoms with Gasteiger partial charge in [-0.1, -0.05) is 0 Å². The molecular formula is C20H26N6O. The van der Waals surface area contributed by atoms with E-state index in [0.717, 1.165) is 48.7 Å². The Hall–Kier alpha value is -2.54. The molecule has 0 unspecified atom stereocenters. The van der Waals surface area contributed by atoms with Gasteiger partial charge in [0.15, 0.2) is 5.82 Å². The molecule has 7 heteroatoms. The van der Waals surface area contributed by atoms with Gasteiger partial charge in [-0.25, -0.2) is 9.97 Å². The Bertz CT molecular complexity index is 817. The maximum atomic E-state index is 12.8. The van der Waals surface area contributed by atoms with E-state index < -0.39 is 0 Å². The topological polar surface area (TPSA) is 65.5 Å². The number of carbonyl (C=O) groups excluding carboxylic acids is 1. The summed E-state index contributed by atoms with van der Waals surface area (Å²) < 4.78 is 0. The minimum absolute atomic E-state index is 0.204. The van der Waals surface area contributed by atoms with E-state index in [9.17, 15) is 4.79 Å². The van der Waals surface area contributed by atoms with Crippen molar-refractivity contribution in [1.82, 2.24) is 24.8 Å². The van der Waals surface area contributed by atoms with Crippen molar-refractivity contribution in [2.75, 3.05) is 45.2 Å². The fourth-order valence-electron chi connectivity index (χ4n) is 3.85. The van der Waals surface area contributed by atoms with E-state index in [4.69, 9.17) is 9.97 Å². The number of rotatable bonds is 4. The van der Waals surface area contributed by atoms with Gasteiger partial charge in [0.05, 0.1) is 18.8 Å². The van der Waals surface area contributed by atoms with E-state index in [0.29, 0.717) is 18.9 Å². The molecule has 4 rings (SSSR count). The third-order valence-corrected chi connectivity index (χ3v) is 5.30. The molecule has 0 atom stereocenters. The standard InChI is InChI=1S/C20H26N6O/c1-24(2)20-16-7-11-26(18(27)14-25-9-3-4-10-25)13-17(16)22-19(23-20)15-6-5-8-21-12-15/h5-6,8,12H,3-4,7,9-11,13-14H2,1-2H3. The first-order valence-corrected chi connectivity index (χ1v) is 9.59. The number of nitrogens with zero attached hydrogens (tertiary/aromatic N) is 6. The predicted molar refractivity (Wildman–Crippen MR) is 104 cm³/mol. The molecule has 27 heavy (non-hydrogen) atoms. The Balaban J connectivity index is 1.61. The van der Waals surface area contributed by atoms with Gasteiger partial charge in [0.2, 0.25) is 5.91 Å². The average molecular weight is 366 g/mol. The van der Waals surface area contributed by atoms with Crippen LogP contribution >= 0.6 is 0 Å². The zero-order valence-corrected chi connectivity index (χ0v) is 16.1. The molecule has 0 radical (unpaired) electrons. The van der Waals surface area contributed by atoms with Gasteiger partial charge in [0, 0.05) is 44.2 Å². The lowest BCUT2D eigenvalue weighted by Crippen LogP contribution is -2.42. The van der Waals surface area contributed by atoms with Crippen LogP contribution in [-0.2, 0) is 17.8 Å². The number of pyridine rings is 1. The molecule has 7 nitrogen and oxygen atoms in total. The maximum absolute atomic E-state index is 12.8. The second-order valence-corrected chi connectivity index (χ2v) is 7.48. The van der Waals surface area contributed by atoms with Crippen LogP contribution in [0.4, 0.5) is 5.82 Å². The van der Waals surface area contributed by atoms with E-state index in [1.54, 1.807) is 12.4 Å². The van der Waals surface area contributed by atoms with Crippen LogP contribution in [0.25, 0.3) is 11.4 Å². The summed E-state index contributed by atoms with van der Waals surface area (Å²) in [6.45, 7) is 3.88. The van der Waals surface area contributed by atoms with Crippen molar-refractivity contribution in [3.63, 3.8) is 0 Å². The first-order valence-electron chi connectivity index (χ1n) is 9.59. The highest BCUT2D eigenvalue weighted by molar-refractivity contribution is 5.78. The van der Waals surface area contributed by atoms with Gasteiger partial charge < -0.3 is 9.80 Å². The van der Waals surface area contributed by atoms with E-state index in [1.807, 2.05) is 36.0 Å². The molecule has 4 heterocycles. The Labute approximate surface area is 160 Å². The Morgan fingerprint density at radius 1 is 1.19 bits per heavy atom. The molecule has 0 bridgehead atoms. The fourth-order valence-corrected chi connectivity index (χ4v) is 3.85. The van der Waals surface area contributed by atoms with Gasteiger partial charge in [0.25, 0.3) is 0 Å².